The van der Waals surface area contributed by atoms with Crippen molar-refractivity contribution in [3.8, 4) is 0 Å². The van der Waals surface area contributed by atoms with Crippen LogP contribution in [-0.2, 0) is 11.3 Å². The minimum absolute atomic E-state index is 0.0900. The number of β-amino-alcohol motifs (C(OH)–C–C–N with tert-alkyl or cyclic N) is 1. The highest BCUT2D eigenvalue weighted by Crippen LogP contribution is 2.03. The average molecular weight is 337 g/mol. The van der Waals surface area contributed by atoms with Gasteiger partial charge in [-0.1, -0.05) is 30.3 Å². The van der Waals surface area contributed by atoms with Gasteiger partial charge in [0, 0.05) is 39.3 Å². The quantitative estimate of drug-likeness (QED) is 0.701. The van der Waals surface area contributed by atoms with Crippen LogP contribution in [0.3, 0.4) is 0 Å². The molecule has 1 heterocycles. The van der Waals surface area contributed by atoms with Gasteiger partial charge < -0.3 is 25.2 Å². The van der Waals surface area contributed by atoms with Crippen LogP contribution in [0.1, 0.15) is 5.56 Å². The molecule has 0 radical (unpaired) electrons. The van der Waals surface area contributed by atoms with Crippen LogP contribution >= 0.6 is 0 Å². The molecule has 0 unspecified atom stereocenters. The Balaban J connectivity index is 1.60. The van der Waals surface area contributed by atoms with Crippen LogP contribution in [0, 0.1) is 0 Å². The highest BCUT2D eigenvalue weighted by atomic mass is 16.5. The number of ether oxygens (including phenoxy) is 1. The maximum absolute atomic E-state index is 11.6. The van der Waals surface area contributed by atoms with E-state index in [4.69, 9.17) is 9.84 Å². The van der Waals surface area contributed by atoms with Crippen molar-refractivity contribution in [3.05, 3.63) is 35.9 Å². The molecule has 132 valence electrons. The molecule has 3 N–H and O–H groups in total. The number of carbonyl (C=O) groups excluding carboxylic acids is 1. The van der Waals surface area contributed by atoms with E-state index < -0.39 is 18.3 Å². The van der Waals surface area contributed by atoms with Crippen molar-refractivity contribution in [1.82, 2.24) is 15.1 Å². The maximum Gasteiger partial charge on any atom is 0.407 e. The number of rotatable bonds is 6. The molecule has 0 bridgehead atoms. The van der Waals surface area contributed by atoms with Gasteiger partial charge in [-0.2, -0.15) is 0 Å². The second kappa shape index (κ2) is 9.09. The fourth-order valence-corrected chi connectivity index (χ4v) is 2.46. The molecule has 0 spiro atoms. The van der Waals surface area contributed by atoms with Crippen molar-refractivity contribution in [2.45, 2.75) is 12.7 Å². The van der Waals surface area contributed by atoms with Gasteiger partial charge in [0.05, 0.1) is 6.10 Å². The number of alkyl carbamates (subject to hydrolysis) is 1. The smallest absolute Gasteiger partial charge is 0.407 e. The Kier molecular flexibility index (Phi) is 6.83. The van der Waals surface area contributed by atoms with Gasteiger partial charge in [0.25, 0.3) is 0 Å². The molecule has 1 aromatic carbocycles. The lowest BCUT2D eigenvalue weighted by atomic mass is 10.2. The molecule has 1 aliphatic heterocycles. The Morgan fingerprint density at radius 1 is 1.17 bits per heavy atom. The van der Waals surface area contributed by atoms with Crippen LogP contribution < -0.4 is 5.32 Å². The van der Waals surface area contributed by atoms with Crippen LogP contribution in [-0.4, -0.2) is 77.6 Å². The molecular formula is C16H23N3O5. The number of benzene rings is 1. The van der Waals surface area contributed by atoms with E-state index in [2.05, 4.69) is 5.32 Å². The molecule has 0 aliphatic carbocycles. The second-order valence-corrected chi connectivity index (χ2v) is 5.67. The summed E-state index contributed by atoms with van der Waals surface area (Å²) in [6.45, 7) is 2.64. The highest BCUT2D eigenvalue weighted by molar-refractivity contribution is 5.67. The fraction of sp³-hybridized carbons (Fsp3) is 0.500. The SMILES string of the molecule is O=C(NC[C@H](O)CN1CCN(C(=O)O)CC1)OCc1ccccc1. The van der Waals surface area contributed by atoms with Gasteiger partial charge in [0.1, 0.15) is 6.61 Å². The van der Waals surface area contributed by atoms with E-state index in [0.29, 0.717) is 32.7 Å². The Labute approximate surface area is 140 Å². The van der Waals surface area contributed by atoms with Gasteiger partial charge in [-0.25, -0.2) is 9.59 Å². The lowest BCUT2D eigenvalue weighted by molar-refractivity contribution is 0.0675. The zero-order chi connectivity index (χ0) is 17.4. The third kappa shape index (κ3) is 6.05. The summed E-state index contributed by atoms with van der Waals surface area (Å²) in [6, 6.07) is 9.34. The van der Waals surface area contributed by atoms with Crippen molar-refractivity contribution >= 4 is 12.2 Å². The molecular weight excluding hydrogens is 314 g/mol. The molecule has 1 saturated heterocycles. The molecule has 1 aliphatic rings. The fourth-order valence-electron chi connectivity index (χ4n) is 2.46. The molecule has 1 aromatic rings. The summed E-state index contributed by atoms with van der Waals surface area (Å²) in [6.07, 6.45) is -2.22. The zero-order valence-electron chi connectivity index (χ0n) is 13.4. The summed E-state index contributed by atoms with van der Waals surface area (Å²) in [5.41, 5.74) is 0.893. The third-order valence-corrected chi connectivity index (χ3v) is 3.81. The third-order valence-electron chi connectivity index (χ3n) is 3.81. The molecule has 8 nitrogen and oxygen atoms in total. The molecule has 8 heteroatoms. The summed E-state index contributed by atoms with van der Waals surface area (Å²) < 4.78 is 5.06. The van der Waals surface area contributed by atoms with E-state index in [1.165, 1.54) is 4.90 Å². The first-order chi connectivity index (χ1) is 11.5. The van der Waals surface area contributed by atoms with Gasteiger partial charge in [-0.05, 0) is 5.56 Å². The Hall–Kier alpha value is -2.32. The monoisotopic (exact) mass is 337 g/mol. The normalized spacial score (nSPS) is 16.5. The number of nitrogens with one attached hydrogen (secondary N) is 1. The number of amides is 2. The Morgan fingerprint density at radius 3 is 2.46 bits per heavy atom. The number of carboxylic acid groups (broad SMARTS) is 1. The number of piperazine rings is 1. The first kappa shape index (κ1) is 18.0. The highest BCUT2D eigenvalue weighted by Gasteiger charge is 2.22. The van der Waals surface area contributed by atoms with Crippen molar-refractivity contribution < 1.29 is 24.5 Å². The molecule has 1 atom stereocenters. The molecule has 24 heavy (non-hydrogen) atoms. The van der Waals surface area contributed by atoms with Crippen LogP contribution in [0.25, 0.3) is 0 Å². The average Bonchev–Trinajstić information content (AvgIpc) is 2.59. The minimum atomic E-state index is -0.918. The summed E-state index contributed by atoms with van der Waals surface area (Å²) in [5, 5.41) is 21.4. The minimum Gasteiger partial charge on any atom is -0.465 e. The van der Waals surface area contributed by atoms with E-state index in [-0.39, 0.29) is 13.2 Å². The summed E-state index contributed by atoms with van der Waals surface area (Å²) in [5.74, 6) is 0. The predicted octanol–water partition coefficient (Wildman–Crippen LogP) is 0.569. The van der Waals surface area contributed by atoms with Crippen molar-refractivity contribution in [2.75, 3.05) is 39.3 Å². The van der Waals surface area contributed by atoms with Crippen molar-refractivity contribution in [2.24, 2.45) is 0 Å². The molecule has 0 aromatic heterocycles. The number of hydrogen-bond donors (Lipinski definition) is 3. The molecule has 1 fully saturated rings. The first-order valence-corrected chi connectivity index (χ1v) is 7.87. The van der Waals surface area contributed by atoms with Gasteiger partial charge in [-0.15, -0.1) is 0 Å². The number of nitrogens with zero attached hydrogens (tertiary/aromatic N) is 2. The first-order valence-electron chi connectivity index (χ1n) is 7.87. The van der Waals surface area contributed by atoms with Crippen LogP contribution in [0.15, 0.2) is 30.3 Å². The Morgan fingerprint density at radius 2 is 1.83 bits per heavy atom. The molecule has 2 amide bonds. The topological polar surface area (TPSA) is 102 Å². The number of carbonyl (C=O) groups is 2. The second-order valence-electron chi connectivity index (χ2n) is 5.67. The molecule has 2 rings (SSSR count). The van der Waals surface area contributed by atoms with E-state index in [1.807, 2.05) is 35.2 Å². The maximum atomic E-state index is 11.6. The molecule has 0 saturated carbocycles. The number of aliphatic hydroxyl groups excluding tert-OH is 1. The Bertz CT molecular complexity index is 532. The lowest BCUT2D eigenvalue weighted by Crippen LogP contribution is -2.51. The van der Waals surface area contributed by atoms with Crippen LogP contribution in [0.2, 0.25) is 0 Å². The van der Waals surface area contributed by atoms with Crippen molar-refractivity contribution in [1.29, 1.82) is 0 Å². The van der Waals surface area contributed by atoms with Gasteiger partial charge >= 0.3 is 12.2 Å². The standard InChI is InChI=1S/C16H23N3O5/c20-14(11-18-6-8-19(9-7-18)16(22)23)10-17-15(21)24-12-13-4-2-1-3-5-13/h1-5,14,20H,6-12H2,(H,17,21)(H,22,23)/t14-/m0/s1. The van der Waals surface area contributed by atoms with Crippen molar-refractivity contribution in [3.63, 3.8) is 0 Å². The van der Waals surface area contributed by atoms with Crippen LogP contribution in [0.4, 0.5) is 9.59 Å². The van der Waals surface area contributed by atoms with E-state index in [9.17, 15) is 14.7 Å². The largest absolute Gasteiger partial charge is 0.465 e. The summed E-state index contributed by atoms with van der Waals surface area (Å²) in [4.78, 5) is 25.7. The van der Waals surface area contributed by atoms with Gasteiger partial charge in [0.2, 0.25) is 0 Å². The van der Waals surface area contributed by atoms with Gasteiger partial charge in [-0.3, -0.25) is 4.90 Å². The van der Waals surface area contributed by atoms with E-state index in [1.54, 1.807) is 0 Å². The summed E-state index contributed by atoms with van der Waals surface area (Å²) in [7, 11) is 0. The van der Waals surface area contributed by atoms with E-state index >= 15 is 0 Å². The van der Waals surface area contributed by atoms with Gasteiger partial charge in [0.15, 0.2) is 0 Å². The lowest BCUT2D eigenvalue weighted by Gasteiger charge is -2.34. The zero-order valence-corrected chi connectivity index (χ0v) is 13.4. The number of aliphatic hydroxyl groups is 1. The van der Waals surface area contributed by atoms with Crippen LogP contribution in [0.5, 0.6) is 0 Å². The summed E-state index contributed by atoms with van der Waals surface area (Å²) >= 11 is 0. The predicted molar refractivity (Wildman–Crippen MR) is 86.7 cm³/mol. The van der Waals surface area contributed by atoms with E-state index in [0.717, 1.165) is 5.56 Å². The number of hydrogen-bond acceptors (Lipinski definition) is 5.